The van der Waals surface area contributed by atoms with Gasteiger partial charge in [-0.1, -0.05) is 13.0 Å². The van der Waals surface area contributed by atoms with Crippen LogP contribution in [0, 0.1) is 12.3 Å². The Kier molecular flexibility index (Phi) is 4.05. The molecule has 3 nitrogen and oxygen atoms in total. The van der Waals surface area contributed by atoms with Crippen molar-refractivity contribution in [2.24, 2.45) is 5.41 Å². The van der Waals surface area contributed by atoms with Gasteiger partial charge in [-0.2, -0.15) is 0 Å². The third-order valence-corrected chi connectivity index (χ3v) is 5.41. The molecule has 2 rings (SSSR count). The SMILES string of the molecule is COC(=O)C(C)(C)C1(C)CCCc2cc(C)c(OC)cc21. The van der Waals surface area contributed by atoms with Crippen molar-refractivity contribution in [2.75, 3.05) is 14.2 Å². The standard InChI is InChI=1S/C18H26O3/c1-12-10-13-8-7-9-18(4,14(13)11-15(12)20-5)17(2,3)16(19)21-6/h10-11H,7-9H2,1-6H3. The summed E-state index contributed by atoms with van der Waals surface area (Å²) in [5.74, 6) is 0.736. The molecule has 116 valence electrons. The van der Waals surface area contributed by atoms with E-state index in [-0.39, 0.29) is 11.4 Å². The number of benzene rings is 1. The van der Waals surface area contributed by atoms with Crippen LogP contribution in [-0.4, -0.2) is 20.2 Å². The molecule has 0 radical (unpaired) electrons. The van der Waals surface area contributed by atoms with Crippen molar-refractivity contribution in [2.45, 2.75) is 52.4 Å². The molecule has 3 heteroatoms. The molecule has 1 aromatic carbocycles. The van der Waals surface area contributed by atoms with Crippen LogP contribution in [0.25, 0.3) is 0 Å². The van der Waals surface area contributed by atoms with Crippen molar-refractivity contribution < 1.29 is 14.3 Å². The van der Waals surface area contributed by atoms with E-state index in [0.717, 1.165) is 30.6 Å². The lowest BCUT2D eigenvalue weighted by molar-refractivity contribution is -0.155. The minimum atomic E-state index is -0.572. The molecule has 1 unspecified atom stereocenters. The Bertz CT molecular complexity index is 560. The number of methoxy groups -OCH3 is 2. The van der Waals surface area contributed by atoms with Crippen molar-refractivity contribution in [3.05, 3.63) is 28.8 Å². The van der Waals surface area contributed by atoms with Gasteiger partial charge in [-0.3, -0.25) is 4.79 Å². The maximum atomic E-state index is 12.3. The van der Waals surface area contributed by atoms with Gasteiger partial charge < -0.3 is 9.47 Å². The van der Waals surface area contributed by atoms with Crippen LogP contribution in [0.15, 0.2) is 12.1 Å². The van der Waals surface area contributed by atoms with Gasteiger partial charge in [0.2, 0.25) is 0 Å². The van der Waals surface area contributed by atoms with Crippen LogP contribution >= 0.6 is 0 Å². The average molecular weight is 290 g/mol. The Morgan fingerprint density at radius 1 is 1.29 bits per heavy atom. The first-order valence-electron chi connectivity index (χ1n) is 7.54. The van der Waals surface area contributed by atoms with Gasteiger partial charge in [-0.15, -0.1) is 0 Å². The summed E-state index contributed by atoms with van der Waals surface area (Å²) in [7, 11) is 3.16. The Balaban J connectivity index is 2.62. The van der Waals surface area contributed by atoms with Crippen LogP contribution < -0.4 is 4.74 Å². The van der Waals surface area contributed by atoms with Gasteiger partial charge in [-0.25, -0.2) is 0 Å². The predicted octanol–water partition coefficient (Wildman–Crippen LogP) is 3.80. The first-order chi connectivity index (χ1) is 9.77. The highest BCUT2D eigenvalue weighted by molar-refractivity contribution is 5.78. The zero-order valence-corrected chi connectivity index (χ0v) is 14.0. The van der Waals surface area contributed by atoms with E-state index in [9.17, 15) is 4.79 Å². The highest BCUT2D eigenvalue weighted by atomic mass is 16.5. The highest BCUT2D eigenvalue weighted by Crippen LogP contribution is 2.50. The fourth-order valence-electron chi connectivity index (χ4n) is 3.58. The largest absolute Gasteiger partial charge is 0.496 e. The summed E-state index contributed by atoms with van der Waals surface area (Å²) >= 11 is 0. The highest BCUT2D eigenvalue weighted by Gasteiger charge is 2.50. The van der Waals surface area contributed by atoms with E-state index in [1.54, 1.807) is 7.11 Å². The van der Waals surface area contributed by atoms with Crippen LogP contribution in [0.1, 0.15) is 50.3 Å². The van der Waals surface area contributed by atoms with Crippen molar-refractivity contribution in [1.82, 2.24) is 0 Å². The number of ether oxygens (including phenoxy) is 2. The first kappa shape index (κ1) is 15.9. The Labute approximate surface area is 127 Å². The Morgan fingerprint density at radius 3 is 2.52 bits per heavy atom. The summed E-state index contributed by atoms with van der Waals surface area (Å²) in [6.45, 7) is 8.22. The molecule has 0 saturated carbocycles. The lowest BCUT2D eigenvalue weighted by atomic mass is 9.57. The van der Waals surface area contributed by atoms with Gasteiger partial charge in [0.15, 0.2) is 0 Å². The first-order valence-corrected chi connectivity index (χ1v) is 7.54. The predicted molar refractivity (Wildman–Crippen MR) is 83.8 cm³/mol. The Hall–Kier alpha value is -1.51. The summed E-state index contributed by atoms with van der Waals surface area (Å²) in [5.41, 5.74) is 2.90. The minimum absolute atomic E-state index is 0.155. The second-order valence-corrected chi connectivity index (χ2v) is 6.78. The van der Waals surface area contributed by atoms with Crippen LogP contribution in [0.3, 0.4) is 0 Å². The zero-order chi connectivity index (χ0) is 15.8. The second-order valence-electron chi connectivity index (χ2n) is 6.78. The lowest BCUT2D eigenvalue weighted by Crippen LogP contribution is -2.47. The quantitative estimate of drug-likeness (QED) is 0.794. The number of rotatable bonds is 3. The molecular weight excluding hydrogens is 264 g/mol. The van der Waals surface area contributed by atoms with E-state index in [2.05, 4.69) is 26.0 Å². The molecule has 0 amide bonds. The molecule has 1 atom stereocenters. The normalized spacial score (nSPS) is 21.6. The monoisotopic (exact) mass is 290 g/mol. The van der Waals surface area contributed by atoms with E-state index >= 15 is 0 Å². The maximum absolute atomic E-state index is 12.3. The maximum Gasteiger partial charge on any atom is 0.312 e. The third kappa shape index (κ3) is 2.33. The topological polar surface area (TPSA) is 35.5 Å². The summed E-state index contributed by atoms with van der Waals surface area (Å²) in [6.07, 6.45) is 3.14. The van der Waals surface area contributed by atoms with Gasteiger partial charge in [0.25, 0.3) is 0 Å². The number of aryl methyl sites for hydroxylation is 2. The summed E-state index contributed by atoms with van der Waals surface area (Å²) in [6, 6.07) is 4.33. The van der Waals surface area contributed by atoms with Gasteiger partial charge in [0, 0.05) is 5.41 Å². The van der Waals surface area contributed by atoms with Crippen LogP contribution in [-0.2, 0) is 21.4 Å². The molecule has 0 N–H and O–H groups in total. The molecule has 1 aliphatic carbocycles. The third-order valence-electron chi connectivity index (χ3n) is 5.41. The van der Waals surface area contributed by atoms with Crippen LogP contribution in [0.4, 0.5) is 0 Å². The molecule has 1 aromatic rings. The van der Waals surface area contributed by atoms with Crippen molar-refractivity contribution in [3.63, 3.8) is 0 Å². The molecule has 0 aromatic heterocycles. The molecule has 21 heavy (non-hydrogen) atoms. The molecule has 1 aliphatic rings. The fraction of sp³-hybridized carbons (Fsp3) is 0.611. The number of hydrogen-bond acceptors (Lipinski definition) is 3. The van der Waals surface area contributed by atoms with Crippen molar-refractivity contribution >= 4 is 5.97 Å². The van der Waals surface area contributed by atoms with E-state index in [1.807, 2.05) is 13.8 Å². The van der Waals surface area contributed by atoms with E-state index in [0.29, 0.717) is 0 Å². The van der Waals surface area contributed by atoms with Gasteiger partial charge in [0.1, 0.15) is 5.75 Å². The summed E-state index contributed by atoms with van der Waals surface area (Å²) in [5, 5.41) is 0. The van der Waals surface area contributed by atoms with Crippen molar-refractivity contribution in [1.29, 1.82) is 0 Å². The zero-order valence-electron chi connectivity index (χ0n) is 14.0. The van der Waals surface area contributed by atoms with Crippen molar-refractivity contribution in [3.8, 4) is 5.75 Å². The number of hydrogen-bond donors (Lipinski definition) is 0. The van der Waals surface area contributed by atoms with Crippen LogP contribution in [0.2, 0.25) is 0 Å². The molecule has 0 saturated heterocycles. The number of fused-ring (bicyclic) bond motifs is 1. The molecule has 0 aliphatic heterocycles. The molecular formula is C18H26O3. The number of esters is 1. The molecule has 0 spiro atoms. The van der Waals surface area contributed by atoms with Gasteiger partial charge >= 0.3 is 5.97 Å². The Morgan fingerprint density at radius 2 is 1.95 bits per heavy atom. The lowest BCUT2D eigenvalue weighted by Gasteiger charge is -2.46. The molecule has 0 fully saturated rings. The second kappa shape index (κ2) is 5.36. The van der Waals surface area contributed by atoms with Crippen LogP contribution in [0.5, 0.6) is 5.75 Å². The summed E-state index contributed by atoms with van der Waals surface area (Å²) < 4.78 is 10.5. The average Bonchev–Trinajstić information content (AvgIpc) is 2.45. The van der Waals surface area contributed by atoms with E-state index in [4.69, 9.17) is 9.47 Å². The smallest absolute Gasteiger partial charge is 0.312 e. The van der Waals surface area contributed by atoms with Gasteiger partial charge in [0.05, 0.1) is 19.6 Å². The number of carbonyl (C=O) groups is 1. The minimum Gasteiger partial charge on any atom is -0.496 e. The molecule has 0 bridgehead atoms. The van der Waals surface area contributed by atoms with E-state index < -0.39 is 5.41 Å². The fourth-order valence-corrected chi connectivity index (χ4v) is 3.58. The van der Waals surface area contributed by atoms with E-state index in [1.165, 1.54) is 18.2 Å². The number of carbonyl (C=O) groups excluding carboxylic acids is 1. The molecule has 0 heterocycles. The van der Waals surface area contributed by atoms with Gasteiger partial charge in [-0.05, 0) is 62.8 Å². The summed E-state index contributed by atoms with van der Waals surface area (Å²) in [4.78, 5) is 12.3.